The molecular weight excluding hydrogens is 438 g/mol. The number of anilines is 1. The number of urea groups is 1. The van der Waals surface area contributed by atoms with Crippen molar-refractivity contribution >= 4 is 17.8 Å². The summed E-state index contributed by atoms with van der Waals surface area (Å²) in [5.41, 5.74) is 2.25. The van der Waals surface area contributed by atoms with Crippen molar-refractivity contribution in [1.29, 1.82) is 0 Å². The number of amides is 3. The Morgan fingerprint density at radius 1 is 1.09 bits per heavy atom. The number of benzene rings is 2. The summed E-state index contributed by atoms with van der Waals surface area (Å²) < 4.78 is 16.5. The quantitative estimate of drug-likeness (QED) is 0.712. The summed E-state index contributed by atoms with van der Waals surface area (Å²) in [6.45, 7) is 4.22. The summed E-state index contributed by atoms with van der Waals surface area (Å²) in [6, 6.07) is 12.3. The van der Waals surface area contributed by atoms with E-state index in [1.165, 1.54) is 4.90 Å². The lowest BCUT2D eigenvalue weighted by atomic mass is 9.90. The van der Waals surface area contributed by atoms with Gasteiger partial charge in [0.05, 0.1) is 39.2 Å². The fourth-order valence-corrected chi connectivity index (χ4v) is 4.74. The predicted octanol–water partition coefficient (Wildman–Crippen LogP) is 3.98. The van der Waals surface area contributed by atoms with Crippen LogP contribution in [0.3, 0.4) is 0 Å². The third kappa shape index (κ3) is 4.61. The molecule has 2 aliphatic heterocycles. The second-order valence-corrected chi connectivity index (χ2v) is 8.51. The van der Waals surface area contributed by atoms with Crippen molar-refractivity contribution < 1.29 is 28.9 Å². The van der Waals surface area contributed by atoms with E-state index in [-0.39, 0.29) is 18.6 Å². The number of hydrogen-bond donors (Lipinski definition) is 1. The van der Waals surface area contributed by atoms with Crippen molar-refractivity contribution in [2.24, 2.45) is 0 Å². The van der Waals surface area contributed by atoms with Gasteiger partial charge in [-0.1, -0.05) is 30.3 Å². The Bertz CT molecular complexity index is 1020. The summed E-state index contributed by atoms with van der Waals surface area (Å²) in [5.74, 6) is 0.975. The van der Waals surface area contributed by atoms with Crippen LogP contribution < -0.4 is 14.4 Å². The molecule has 2 atom stereocenters. The van der Waals surface area contributed by atoms with Gasteiger partial charge in [0.2, 0.25) is 0 Å². The number of fused-ring (bicyclic) bond motifs is 1. The van der Waals surface area contributed by atoms with E-state index in [2.05, 4.69) is 0 Å². The lowest BCUT2D eigenvalue weighted by Gasteiger charge is -2.44. The van der Waals surface area contributed by atoms with Crippen molar-refractivity contribution in [1.82, 2.24) is 9.80 Å². The van der Waals surface area contributed by atoms with Gasteiger partial charge in [-0.15, -0.1) is 0 Å². The predicted molar refractivity (Wildman–Crippen MR) is 127 cm³/mol. The van der Waals surface area contributed by atoms with E-state index < -0.39 is 12.1 Å². The zero-order chi connectivity index (χ0) is 24.2. The minimum atomic E-state index is -1.02. The highest BCUT2D eigenvalue weighted by molar-refractivity contribution is 5.95. The smallest absolute Gasteiger partial charge is 0.408 e. The van der Waals surface area contributed by atoms with Crippen LogP contribution in [-0.4, -0.2) is 73.6 Å². The van der Waals surface area contributed by atoms with Gasteiger partial charge in [-0.2, -0.15) is 0 Å². The third-order valence-corrected chi connectivity index (χ3v) is 6.46. The highest BCUT2D eigenvalue weighted by Gasteiger charge is 2.40. The highest BCUT2D eigenvalue weighted by atomic mass is 16.5. The Hall–Kier alpha value is -3.46. The van der Waals surface area contributed by atoms with Crippen molar-refractivity contribution in [3.63, 3.8) is 0 Å². The Morgan fingerprint density at radius 2 is 1.74 bits per heavy atom. The lowest BCUT2D eigenvalue weighted by Crippen LogP contribution is -2.54. The van der Waals surface area contributed by atoms with Gasteiger partial charge in [0, 0.05) is 37.3 Å². The van der Waals surface area contributed by atoms with Crippen molar-refractivity contribution in [3.8, 4) is 11.5 Å². The summed E-state index contributed by atoms with van der Waals surface area (Å²) in [4.78, 5) is 31.0. The molecule has 0 bridgehead atoms. The monoisotopic (exact) mass is 469 g/mol. The van der Waals surface area contributed by atoms with E-state index in [9.17, 15) is 14.7 Å². The van der Waals surface area contributed by atoms with E-state index in [4.69, 9.17) is 14.2 Å². The molecule has 1 N–H and O–H groups in total. The normalized spacial score (nSPS) is 19.9. The largest absolute Gasteiger partial charge is 0.493 e. The van der Waals surface area contributed by atoms with E-state index in [0.29, 0.717) is 49.9 Å². The summed E-state index contributed by atoms with van der Waals surface area (Å²) in [7, 11) is 3.08. The van der Waals surface area contributed by atoms with E-state index in [0.717, 1.165) is 11.1 Å². The SMILES string of the molecule is COc1cc2c(cc1OC)N(C(=O)N1CCOCC1)C(C)CC2N(Cc1ccccc1)C(=O)O. The highest BCUT2D eigenvalue weighted by Crippen LogP contribution is 2.46. The maximum Gasteiger partial charge on any atom is 0.408 e. The molecule has 3 amide bonds. The first-order chi connectivity index (χ1) is 16.4. The number of ether oxygens (including phenoxy) is 3. The van der Waals surface area contributed by atoms with Gasteiger partial charge >= 0.3 is 12.1 Å². The van der Waals surface area contributed by atoms with Crippen LogP contribution in [-0.2, 0) is 11.3 Å². The number of carbonyl (C=O) groups is 2. The molecule has 0 radical (unpaired) electrons. The van der Waals surface area contributed by atoms with Gasteiger partial charge in [-0.05, 0) is 25.0 Å². The molecule has 182 valence electrons. The number of rotatable bonds is 5. The standard InChI is InChI=1S/C25H31N3O6/c1-17-13-20(27(25(30)31)16-18-7-5-4-6-8-18)19-14-22(32-2)23(33-3)15-21(19)28(17)24(29)26-9-11-34-12-10-26/h4-8,14-15,17,20H,9-13,16H2,1-3H3,(H,30,31). The molecule has 34 heavy (non-hydrogen) atoms. The fourth-order valence-electron chi connectivity index (χ4n) is 4.74. The maximum absolute atomic E-state index is 13.6. The lowest BCUT2D eigenvalue weighted by molar-refractivity contribution is 0.0539. The number of carbonyl (C=O) groups excluding carboxylic acids is 1. The molecule has 0 saturated carbocycles. The van der Waals surface area contributed by atoms with E-state index in [1.54, 1.807) is 36.2 Å². The minimum Gasteiger partial charge on any atom is -0.493 e. The van der Waals surface area contributed by atoms with Crippen molar-refractivity contribution in [2.45, 2.75) is 32.0 Å². The fraction of sp³-hybridized carbons (Fsp3) is 0.440. The first-order valence-corrected chi connectivity index (χ1v) is 11.4. The van der Waals surface area contributed by atoms with Gasteiger partial charge in [0.1, 0.15) is 0 Å². The second-order valence-electron chi connectivity index (χ2n) is 8.51. The third-order valence-electron chi connectivity index (χ3n) is 6.46. The maximum atomic E-state index is 13.6. The zero-order valence-corrected chi connectivity index (χ0v) is 19.8. The Morgan fingerprint density at radius 3 is 2.35 bits per heavy atom. The van der Waals surface area contributed by atoms with Crippen LogP contribution >= 0.6 is 0 Å². The molecule has 9 heteroatoms. The van der Waals surface area contributed by atoms with E-state index >= 15 is 0 Å². The molecule has 4 rings (SSSR count). The number of morpholine rings is 1. The number of hydrogen-bond acceptors (Lipinski definition) is 5. The molecule has 1 saturated heterocycles. The number of nitrogens with zero attached hydrogens (tertiary/aromatic N) is 3. The van der Waals surface area contributed by atoms with Gasteiger partial charge < -0.3 is 24.2 Å². The number of carboxylic acid groups (broad SMARTS) is 1. The Balaban J connectivity index is 1.78. The van der Waals surface area contributed by atoms with Crippen LogP contribution in [0.4, 0.5) is 15.3 Å². The molecule has 2 aromatic rings. The molecule has 2 heterocycles. The van der Waals surface area contributed by atoms with Crippen LogP contribution in [0.1, 0.15) is 30.5 Å². The van der Waals surface area contributed by atoms with E-state index in [1.807, 2.05) is 37.3 Å². The summed E-state index contributed by atoms with van der Waals surface area (Å²) in [6.07, 6.45) is -0.563. The average molecular weight is 470 g/mol. The average Bonchev–Trinajstić information content (AvgIpc) is 2.86. The Labute approximate surface area is 199 Å². The van der Waals surface area contributed by atoms with Crippen molar-refractivity contribution in [3.05, 3.63) is 53.6 Å². The van der Waals surface area contributed by atoms with Crippen LogP contribution in [0.2, 0.25) is 0 Å². The molecule has 1 fully saturated rings. The van der Waals surface area contributed by atoms with Crippen LogP contribution in [0.25, 0.3) is 0 Å². The van der Waals surface area contributed by atoms with Crippen molar-refractivity contribution in [2.75, 3.05) is 45.4 Å². The minimum absolute atomic E-state index is 0.118. The molecular formula is C25H31N3O6. The zero-order valence-electron chi connectivity index (χ0n) is 19.8. The first-order valence-electron chi connectivity index (χ1n) is 11.4. The first kappa shape index (κ1) is 23.7. The summed E-state index contributed by atoms with van der Waals surface area (Å²) >= 11 is 0. The van der Waals surface area contributed by atoms with Gasteiger partial charge in [0.25, 0.3) is 0 Å². The molecule has 0 aliphatic carbocycles. The molecule has 2 aromatic carbocycles. The summed E-state index contributed by atoms with van der Waals surface area (Å²) in [5, 5.41) is 10.2. The van der Waals surface area contributed by atoms with Crippen LogP contribution in [0, 0.1) is 0 Å². The van der Waals surface area contributed by atoms with Crippen LogP contribution in [0.5, 0.6) is 11.5 Å². The molecule has 2 aliphatic rings. The molecule has 9 nitrogen and oxygen atoms in total. The van der Waals surface area contributed by atoms with Crippen LogP contribution in [0.15, 0.2) is 42.5 Å². The second kappa shape index (κ2) is 10.2. The molecule has 0 spiro atoms. The van der Waals surface area contributed by atoms with Gasteiger partial charge in [0.15, 0.2) is 11.5 Å². The molecule has 2 unspecified atom stereocenters. The Kier molecular flexibility index (Phi) is 7.12. The topological polar surface area (TPSA) is 91.8 Å². The molecule has 0 aromatic heterocycles. The van der Waals surface area contributed by atoms with Gasteiger partial charge in [-0.3, -0.25) is 9.80 Å². The number of methoxy groups -OCH3 is 2. The van der Waals surface area contributed by atoms with Gasteiger partial charge in [-0.25, -0.2) is 9.59 Å².